The van der Waals surface area contributed by atoms with Crippen molar-refractivity contribution in [1.82, 2.24) is 10.3 Å². The number of amides is 3. The van der Waals surface area contributed by atoms with Crippen LogP contribution < -0.4 is 10.6 Å². The van der Waals surface area contributed by atoms with Crippen LogP contribution in [0.3, 0.4) is 0 Å². The van der Waals surface area contributed by atoms with Crippen LogP contribution in [0.2, 0.25) is 0 Å². The number of hydrogen-bond acceptors (Lipinski definition) is 5. The number of esters is 1. The molecule has 0 aliphatic heterocycles. The van der Waals surface area contributed by atoms with Crippen LogP contribution in [0.25, 0.3) is 10.9 Å². The number of imide groups is 1. The van der Waals surface area contributed by atoms with Crippen molar-refractivity contribution in [2.45, 2.75) is 19.3 Å². The van der Waals surface area contributed by atoms with Gasteiger partial charge in [-0.1, -0.05) is 36.4 Å². The number of fused-ring (bicyclic) bond motifs is 2. The van der Waals surface area contributed by atoms with Crippen LogP contribution in [0.5, 0.6) is 0 Å². The van der Waals surface area contributed by atoms with Gasteiger partial charge in [-0.05, 0) is 43.0 Å². The number of urea groups is 1. The highest BCUT2D eigenvalue weighted by Crippen LogP contribution is 2.30. The molecule has 0 unspecified atom stereocenters. The third-order valence-corrected chi connectivity index (χ3v) is 4.74. The minimum atomic E-state index is -0.707. The second-order valence-electron chi connectivity index (χ2n) is 6.73. The van der Waals surface area contributed by atoms with Crippen molar-refractivity contribution in [1.29, 1.82) is 0 Å². The molecule has 0 spiro atoms. The number of carbonyl (C=O) groups excluding carboxylic acids is 3. The highest BCUT2D eigenvalue weighted by Gasteiger charge is 2.25. The number of nitrogens with zero attached hydrogens (tertiary/aromatic N) is 1. The van der Waals surface area contributed by atoms with Crippen LogP contribution in [0, 0.1) is 0 Å². The Morgan fingerprint density at radius 2 is 1.72 bits per heavy atom. The van der Waals surface area contributed by atoms with E-state index >= 15 is 0 Å². The largest absolute Gasteiger partial charge is 0.452 e. The van der Waals surface area contributed by atoms with Crippen LogP contribution in [-0.4, -0.2) is 29.5 Å². The summed E-state index contributed by atoms with van der Waals surface area (Å²) in [7, 11) is 0. The maximum absolute atomic E-state index is 12.8. The Bertz CT molecular complexity index is 1100. The van der Waals surface area contributed by atoms with Gasteiger partial charge in [0.05, 0.1) is 11.1 Å². The Balaban J connectivity index is 1.43. The van der Waals surface area contributed by atoms with Crippen LogP contribution in [-0.2, 0) is 22.4 Å². The summed E-state index contributed by atoms with van der Waals surface area (Å²) >= 11 is 0. The Morgan fingerprint density at radius 3 is 2.55 bits per heavy atom. The molecule has 3 aromatic rings. The topological polar surface area (TPSA) is 97.4 Å². The molecule has 2 N–H and O–H groups in total. The van der Waals surface area contributed by atoms with Crippen molar-refractivity contribution < 1.29 is 19.1 Å². The van der Waals surface area contributed by atoms with Gasteiger partial charge in [-0.25, -0.2) is 9.59 Å². The first kappa shape index (κ1) is 18.6. The quantitative estimate of drug-likeness (QED) is 0.668. The third-order valence-electron chi connectivity index (χ3n) is 4.74. The van der Waals surface area contributed by atoms with Crippen LogP contribution in [0.1, 0.15) is 28.0 Å². The fraction of sp³-hybridized carbons (Fsp3) is 0.182. The molecule has 0 bridgehead atoms. The van der Waals surface area contributed by atoms with E-state index in [2.05, 4.69) is 15.6 Å². The number of benzene rings is 2. The Labute approximate surface area is 167 Å². The molecule has 1 aliphatic rings. The van der Waals surface area contributed by atoms with E-state index in [4.69, 9.17) is 4.74 Å². The number of para-hydroxylation sites is 2. The van der Waals surface area contributed by atoms with Gasteiger partial charge in [0.25, 0.3) is 5.91 Å². The average Bonchev–Trinajstić information content (AvgIpc) is 3.18. The van der Waals surface area contributed by atoms with Gasteiger partial charge in [0.1, 0.15) is 0 Å². The zero-order chi connectivity index (χ0) is 20.2. The summed E-state index contributed by atoms with van der Waals surface area (Å²) in [5.74, 6) is -1.29. The molecule has 0 saturated carbocycles. The van der Waals surface area contributed by atoms with Crippen molar-refractivity contribution in [2.75, 3.05) is 11.9 Å². The molecule has 146 valence electrons. The molecule has 0 atom stereocenters. The summed E-state index contributed by atoms with van der Waals surface area (Å²) in [6, 6.07) is 15.4. The summed E-state index contributed by atoms with van der Waals surface area (Å²) in [6.07, 6.45) is 2.50. The lowest BCUT2D eigenvalue weighted by Crippen LogP contribution is -2.37. The molecule has 29 heavy (non-hydrogen) atoms. The van der Waals surface area contributed by atoms with Crippen LogP contribution in [0.15, 0.2) is 54.6 Å². The number of ether oxygens (including phenoxy) is 1. The molecule has 1 heterocycles. The highest BCUT2D eigenvalue weighted by atomic mass is 16.5. The Kier molecular flexibility index (Phi) is 5.20. The predicted octanol–water partition coefficient (Wildman–Crippen LogP) is 3.23. The average molecular weight is 389 g/mol. The second-order valence-corrected chi connectivity index (χ2v) is 6.73. The molecular formula is C22H19N3O4. The highest BCUT2D eigenvalue weighted by molar-refractivity contribution is 6.06. The zero-order valence-corrected chi connectivity index (χ0v) is 15.6. The fourth-order valence-corrected chi connectivity index (χ4v) is 3.49. The molecular weight excluding hydrogens is 370 g/mol. The van der Waals surface area contributed by atoms with Crippen molar-refractivity contribution in [3.05, 3.63) is 71.4 Å². The standard InChI is InChI=1S/C22H19N3O4/c26-19(25-22(28)23-14-7-2-1-3-8-14)13-29-21(27)20-15-9-4-5-11-17(15)24-18-12-6-10-16(18)20/h1-5,7-9,11H,6,10,12-13H2,(H2,23,25,26,28). The SMILES string of the molecule is O=C(COC(=O)c1c2c(nc3ccccc13)CCC2)NC(=O)Nc1ccccc1. The van der Waals surface area contributed by atoms with Crippen molar-refractivity contribution in [3.8, 4) is 0 Å². The second kappa shape index (κ2) is 8.10. The van der Waals surface area contributed by atoms with Crippen molar-refractivity contribution in [3.63, 3.8) is 0 Å². The summed E-state index contributed by atoms with van der Waals surface area (Å²) in [5.41, 5.74) is 3.53. The molecule has 3 amide bonds. The van der Waals surface area contributed by atoms with Crippen LogP contribution >= 0.6 is 0 Å². The molecule has 1 aliphatic carbocycles. The molecule has 2 aromatic carbocycles. The minimum absolute atomic E-state index is 0.463. The number of aryl methyl sites for hydroxylation is 1. The number of rotatable bonds is 4. The number of hydrogen-bond donors (Lipinski definition) is 2. The van der Waals surface area contributed by atoms with E-state index in [0.717, 1.165) is 36.0 Å². The molecule has 7 nitrogen and oxygen atoms in total. The number of carbonyl (C=O) groups is 3. The lowest BCUT2D eigenvalue weighted by atomic mass is 10.0. The van der Waals surface area contributed by atoms with Gasteiger partial charge in [0, 0.05) is 16.8 Å². The van der Waals surface area contributed by atoms with E-state index in [-0.39, 0.29) is 0 Å². The summed E-state index contributed by atoms with van der Waals surface area (Å²) < 4.78 is 5.22. The Morgan fingerprint density at radius 1 is 0.966 bits per heavy atom. The van der Waals surface area contributed by atoms with Crippen molar-refractivity contribution >= 4 is 34.5 Å². The number of anilines is 1. The molecule has 7 heteroatoms. The lowest BCUT2D eigenvalue weighted by Gasteiger charge is -2.12. The fourth-order valence-electron chi connectivity index (χ4n) is 3.49. The van der Waals surface area contributed by atoms with Gasteiger partial charge < -0.3 is 10.1 Å². The number of pyridine rings is 1. The number of aromatic nitrogens is 1. The van der Waals surface area contributed by atoms with Gasteiger partial charge in [-0.2, -0.15) is 0 Å². The predicted molar refractivity (Wildman–Crippen MR) is 108 cm³/mol. The molecule has 0 radical (unpaired) electrons. The third kappa shape index (κ3) is 4.08. The maximum Gasteiger partial charge on any atom is 0.339 e. The number of nitrogens with one attached hydrogen (secondary N) is 2. The van der Waals surface area contributed by atoms with Gasteiger partial charge in [-0.3, -0.25) is 15.1 Å². The Hall–Kier alpha value is -3.74. The summed E-state index contributed by atoms with van der Waals surface area (Å²) in [4.78, 5) is 41.3. The summed E-state index contributed by atoms with van der Waals surface area (Å²) in [5, 5.41) is 5.39. The molecule has 4 rings (SSSR count). The lowest BCUT2D eigenvalue weighted by molar-refractivity contribution is -0.123. The van der Waals surface area contributed by atoms with Gasteiger partial charge >= 0.3 is 12.0 Å². The van der Waals surface area contributed by atoms with E-state index < -0.39 is 24.5 Å². The minimum Gasteiger partial charge on any atom is -0.452 e. The monoisotopic (exact) mass is 389 g/mol. The van der Waals surface area contributed by atoms with Gasteiger partial charge in [0.15, 0.2) is 6.61 Å². The molecule has 0 fully saturated rings. The van der Waals surface area contributed by atoms with E-state index in [1.54, 1.807) is 24.3 Å². The zero-order valence-electron chi connectivity index (χ0n) is 15.6. The van der Waals surface area contributed by atoms with E-state index in [9.17, 15) is 14.4 Å². The van der Waals surface area contributed by atoms with Gasteiger partial charge in [0.2, 0.25) is 0 Å². The van der Waals surface area contributed by atoms with Crippen LogP contribution in [0.4, 0.5) is 10.5 Å². The first-order valence-corrected chi connectivity index (χ1v) is 9.35. The summed E-state index contributed by atoms with van der Waals surface area (Å²) in [6.45, 7) is -0.549. The van der Waals surface area contributed by atoms with Crippen molar-refractivity contribution in [2.24, 2.45) is 0 Å². The first-order valence-electron chi connectivity index (χ1n) is 9.35. The van der Waals surface area contributed by atoms with E-state index in [1.807, 2.05) is 30.3 Å². The van der Waals surface area contributed by atoms with E-state index in [1.165, 1.54) is 0 Å². The first-order chi connectivity index (χ1) is 14.1. The van der Waals surface area contributed by atoms with E-state index in [0.29, 0.717) is 16.6 Å². The smallest absolute Gasteiger partial charge is 0.339 e. The van der Waals surface area contributed by atoms with Gasteiger partial charge in [-0.15, -0.1) is 0 Å². The molecule has 1 aromatic heterocycles. The maximum atomic E-state index is 12.8. The molecule has 0 saturated heterocycles. The normalized spacial score (nSPS) is 12.3.